The zero-order valence-corrected chi connectivity index (χ0v) is 13.4. The first-order chi connectivity index (χ1) is 10.4. The van der Waals surface area contributed by atoms with Gasteiger partial charge in [0, 0.05) is 20.4 Å². The molecule has 0 N–H and O–H groups in total. The highest BCUT2D eigenvalue weighted by Crippen LogP contribution is 2.39. The van der Waals surface area contributed by atoms with E-state index in [0.717, 1.165) is 12.8 Å². The van der Waals surface area contributed by atoms with E-state index in [0.29, 0.717) is 6.42 Å². The Balaban J connectivity index is 2.05. The van der Waals surface area contributed by atoms with Crippen LogP contribution in [0.3, 0.4) is 0 Å². The van der Waals surface area contributed by atoms with Crippen molar-refractivity contribution < 1.29 is 0 Å². The Kier molecular flexibility index (Phi) is 7.00. The van der Waals surface area contributed by atoms with Gasteiger partial charge >= 0.3 is 0 Å². The highest BCUT2D eigenvalue weighted by molar-refractivity contribution is 8.22. The van der Waals surface area contributed by atoms with Gasteiger partial charge in [-0.25, -0.2) is 0 Å². The zero-order valence-electron chi connectivity index (χ0n) is 11.7. The minimum absolute atomic E-state index is 0.621. The van der Waals surface area contributed by atoms with Gasteiger partial charge in [-0.05, 0) is 37.1 Å². The molecule has 1 nitrogen and oxygen atoms in total. The lowest BCUT2D eigenvalue weighted by Gasteiger charge is -2.07. The fourth-order valence-electron chi connectivity index (χ4n) is 1.71. The van der Waals surface area contributed by atoms with Gasteiger partial charge in [0.1, 0.15) is 0 Å². The minimum Gasteiger partial charge on any atom is -0.198 e. The van der Waals surface area contributed by atoms with Crippen molar-refractivity contribution in [3.63, 3.8) is 0 Å². The van der Waals surface area contributed by atoms with Gasteiger partial charge < -0.3 is 0 Å². The molecule has 0 heterocycles. The van der Waals surface area contributed by atoms with Crippen LogP contribution in [0.4, 0.5) is 0 Å². The summed E-state index contributed by atoms with van der Waals surface area (Å²) >= 11 is 3.57. The average Bonchev–Trinajstić information content (AvgIpc) is 2.53. The third-order valence-corrected chi connectivity index (χ3v) is 4.98. The van der Waals surface area contributed by atoms with Gasteiger partial charge in [-0.3, -0.25) is 0 Å². The quantitative estimate of drug-likeness (QED) is 0.455. The first kappa shape index (κ1) is 15.8. The van der Waals surface area contributed by atoms with E-state index in [9.17, 15) is 0 Å². The smallest absolute Gasteiger partial charge is 0.0621 e. The van der Waals surface area contributed by atoms with Crippen LogP contribution < -0.4 is 0 Å². The molecule has 0 spiro atoms. The second-order valence-corrected chi connectivity index (χ2v) is 6.89. The summed E-state index contributed by atoms with van der Waals surface area (Å²) in [5.74, 6) is 0. The van der Waals surface area contributed by atoms with Gasteiger partial charge in [-0.2, -0.15) is 5.26 Å². The molecule has 0 atom stereocenters. The van der Waals surface area contributed by atoms with Crippen molar-refractivity contribution in [2.75, 3.05) is 0 Å². The molecule has 2 aromatic rings. The highest BCUT2D eigenvalue weighted by Gasteiger charge is 2.03. The fraction of sp³-hybridized carbons (Fsp3) is 0.167. The number of nitrogens with zero attached hydrogens (tertiary/aromatic N) is 1. The third kappa shape index (κ3) is 6.12. The van der Waals surface area contributed by atoms with Crippen molar-refractivity contribution in [1.29, 1.82) is 5.26 Å². The molecule has 0 fully saturated rings. The molecule has 2 rings (SSSR count). The van der Waals surface area contributed by atoms with Crippen LogP contribution in [0.25, 0.3) is 0 Å². The Hall–Kier alpha value is -1.63. The van der Waals surface area contributed by atoms with Gasteiger partial charge in [-0.15, -0.1) is 0 Å². The number of benzene rings is 2. The predicted octanol–water partition coefficient (Wildman–Crippen LogP) is 6.11. The first-order valence-corrected chi connectivity index (χ1v) is 8.54. The number of hydrogen-bond acceptors (Lipinski definition) is 3. The summed E-state index contributed by atoms with van der Waals surface area (Å²) < 4.78 is 1.27. The van der Waals surface area contributed by atoms with E-state index in [1.165, 1.54) is 14.0 Å². The highest BCUT2D eigenvalue weighted by atomic mass is 32.2. The lowest BCUT2D eigenvalue weighted by Crippen LogP contribution is -1.77. The van der Waals surface area contributed by atoms with Crippen molar-refractivity contribution in [2.24, 2.45) is 0 Å². The van der Waals surface area contributed by atoms with E-state index < -0.39 is 0 Å². The molecule has 0 aliphatic heterocycles. The van der Waals surface area contributed by atoms with Gasteiger partial charge in [0.15, 0.2) is 0 Å². The van der Waals surface area contributed by atoms with Gasteiger partial charge in [-0.1, -0.05) is 66.0 Å². The Labute approximate surface area is 135 Å². The van der Waals surface area contributed by atoms with Gasteiger partial charge in [0.05, 0.1) is 6.07 Å². The number of hydrogen-bond donors (Lipinski definition) is 0. The molecule has 0 amide bonds. The van der Waals surface area contributed by atoms with E-state index >= 15 is 0 Å². The van der Waals surface area contributed by atoms with Gasteiger partial charge in [0.25, 0.3) is 0 Å². The second kappa shape index (κ2) is 9.33. The lowest BCUT2D eigenvalue weighted by atomic mass is 10.2. The molecule has 3 heteroatoms. The van der Waals surface area contributed by atoms with Crippen molar-refractivity contribution in [3.05, 3.63) is 71.0 Å². The molecule has 0 unspecified atom stereocenters. The Morgan fingerprint density at radius 2 is 1.43 bits per heavy atom. The van der Waals surface area contributed by atoms with Crippen LogP contribution in [0, 0.1) is 11.3 Å². The lowest BCUT2D eigenvalue weighted by molar-refractivity contribution is 0.877. The Morgan fingerprint density at radius 1 is 0.905 bits per heavy atom. The SMILES string of the molecule is N#CCCCC=C(Sc1ccccc1)Sc1ccccc1. The minimum atomic E-state index is 0.621. The standard InChI is InChI=1S/C18H17NS2/c19-15-9-3-8-14-18(20-16-10-4-1-5-11-16)21-17-12-6-2-7-13-17/h1-2,4-7,10-14H,3,8-9H2. The van der Waals surface area contributed by atoms with Crippen molar-refractivity contribution >= 4 is 23.5 Å². The van der Waals surface area contributed by atoms with Crippen LogP contribution in [0.15, 0.2) is 80.8 Å². The normalized spacial score (nSPS) is 9.86. The van der Waals surface area contributed by atoms with Gasteiger partial charge in [0.2, 0.25) is 0 Å². The maximum atomic E-state index is 8.62. The van der Waals surface area contributed by atoms with Crippen LogP contribution >= 0.6 is 23.5 Å². The molecule has 0 aromatic heterocycles. The molecule has 0 saturated carbocycles. The molecule has 0 radical (unpaired) electrons. The van der Waals surface area contributed by atoms with E-state index in [1.807, 2.05) is 12.1 Å². The van der Waals surface area contributed by atoms with Crippen molar-refractivity contribution in [2.45, 2.75) is 29.1 Å². The monoisotopic (exact) mass is 311 g/mol. The topological polar surface area (TPSA) is 23.8 Å². The Morgan fingerprint density at radius 3 is 1.90 bits per heavy atom. The summed E-state index contributed by atoms with van der Waals surface area (Å²) in [6, 6.07) is 23.0. The maximum absolute atomic E-state index is 8.62. The van der Waals surface area contributed by atoms with Crippen LogP contribution in [-0.2, 0) is 0 Å². The number of allylic oxidation sites excluding steroid dienone is 1. The summed E-state index contributed by atoms with van der Waals surface area (Å²) in [4.78, 5) is 2.49. The third-order valence-electron chi connectivity index (χ3n) is 2.73. The average molecular weight is 311 g/mol. The zero-order chi connectivity index (χ0) is 14.8. The fourth-order valence-corrected chi connectivity index (χ4v) is 3.91. The summed E-state index contributed by atoms with van der Waals surface area (Å²) in [6.07, 6.45) is 4.73. The van der Waals surface area contributed by atoms with Crippen LogP contribution in [0.2, 0.25) is 0 Å². The summed E-state index contributed by atoms with van der Waals surface area (Å²) in [7, 11) is 0. The molecule has 106 valence electrons. The first-order valence-electron chi connectivity index (χ1n) is 6.91. The largest absolute Gasteiger partial charge is 0.198 e. The number of unbranched alkanes of at least 4 members (excludes halogenated alkanes) is 2. The number of nitriles is 1. The van der Waals surface area contributed by atoms with Crippen molar-refractivity contribution in [3.8, 4) is 6.07 Å². The predicted molar refractivity (Wildman–Crippen MR) is 92.1 cm³/mol. The number of thioether (sulfide) groups is 2. The summed E-state index contributed by atoms with van der Waals surface area (Å²) in [5, 5.41) is 8.62. The summed E-state index contributed by atoms with van der Waals surface area (Å²) in [6.45, 7) is 0. The van der Waals surface area contributed by atoms with E-state index in [2.05, 4.69) is 60.7 Å². The molecule has 0 saturated heterocycles. The van der Waals surface area contributed by atoms with Crippen molar-refractivity contribution in [1.82, 2.24) is 0 Å². The molecular weight excluding hydrogens is 294 g/mol. The molecule has 21 heavy (non-hydrogen) atoms. The number of rotatable bonds is 7. The molecule has 2 aromatic carbocycles. The molecule has 0 aliphatic rings. The van der Waals surface area contributed by atoms with Crippen LogP contribution in [0.1, 0.15) is 19.3 Å². The molecule has 0 aliphatic carbocycles. The Bertz CT molecular complexity index is 557. The van der Waals surface area contributed by atoms with E-state index in [1.54, 1.807) is 23.5 Å². The van der Waals surface area contributed by atoms with Crippen LogP contribution in [0.5, 0.6) is 0 Å². The van der Waals surface area contributed by atoms with E-state index in [-0.39, 0.29) is 0 Å². The molecular formula is C18H17NS2. The summed E-state index contributed by atoms with van der Waals surface area (Å²) in [5.41, 5.74) is 0. The molecule has 0 bridgehead atoms. The second-order valence-electron chi connectivity index (χ2n) is 4.40. The van der Waals surface area contributed by atoms with E-state index in [4.69, 9.17) is 5.26 Å². The van der Waals surface area contributed by atoms with Crippen LogP contribution in [-0.4, -0.2) is 0 Å². The maximum Gasteiger partial charge on any atom is 0.0621 e.